The number of unbranched alkanes of at least 4 members (excludes halogenated alkanes) is 6. The summed E-state index contributed by atoms with van der Waals surface area (Å²) in [5.74, 6) is 0. The third kappa shape index (κ3) is 16.1. The van der Waals surface area contributed by atoms with Gasteiger partial charge < -0.3 is 5.11 Å². The zero-order chi connectivity index (χ0) is 81.9. The molecule has 118 heavy (non-hydrogen) atoms. The fourth-order valence-corrected chi connectivity index (χ4v) is 19.1. The van der Waals surface area contributed by atoms with Crippen molar-refractivity contribution in [2.24, 2.45) is 0 Å². The molecule has 19 rings (SSSR count). The van der Waals surface area contributed by atoms with Crippen molar-refractivity contribution in [3.63, 3.8) is 0 Å². The van der Waals surface area contributed by atoms with E-state index in [0.717, 1.165) is 11.1 Å². The molecular weight excluding hydrogens is 1420 g/mol. The van der Waals surface area contributed by atoms with Crippen LogP contribution in [0.15, 0.2) is 279 Å². The average Bonchev–Trinajstić information content (AvgIpc) is 1.53. The predicted octanol–water partition coefficient (Wildman–Crippen LogP) is 31.2. The van der Waals surface area contributed by atoms with Crippen molar-refractivity contribution in [2.75, 3.05) is 0 Å². The summed E-state index contributed by atoms with van der Waals surface area (Å²) in [5, 5.41) is 9.64. The molecule has 0 heterocycles. The standard InChI is InChI=1S/C47H50.C25H24.C23H20O.C22H18/c1-5-7-9-11-17-34-28-35(18-12-10-8-6-2)30-37(29-34)47(4)45-27-33(3)23-25-42(45)43-26-24-36(32-46(43)47)31-44-40-21-15-13-19-38(40)39-20-14-16-22-41(39)44;1-15-6-8-20-21-9-7-16(2)13-24(21)25(23(20)12-15)14-22-18(4)10-17(3)11-19(22)5;1-15-7-9-19-20-10-8-16(2)12-22(20)23(21(19)11-15)13-17-5-3-4-6-18(17)14-24;1-15-11-12-17(13-16(15)2)14-22-20-9-5-3-7-18(20)19-8-4-6-10-21(19)22/h13-16,19-32H,5-12,17-18H2,1-4H3;6-14H,1-5H3;3-13,24H,14H2,1-2H3;3-14H,1-2H3. The highest BCUT2D eigenvalue weighted by Crippen LogP contribution is 2.55. The van der Waals surface area contributed by atoms with Gasteiger partial charge in [-0.05, 0) is 333 Å². The molecule has 1 unspecified atom stereocenters. The minimum Gasteiger partial charge on any atom is -0.392 e. The number of aryl methyl sites for hydroxylation is 12. The number of fused-ring (bicyclic) bond motifs is 15. The lowest BCUT2D eigenvalue weighted by Gasteiger charge is -2.30. The fraction of sp³-hybridized carbons (Fsp3) is 0.214. The molecule has 0 bridgehead atoms. The Kier molecular flexibility index (Phi) is 23.4. The van der Waals surface area contributed by atoms with E-state index in [2.05, 4.69) is 375 Å². The Morgan fingerprint density at radius 1 is 0.263 bits per heavy atom. The van der Waals surface area contributed by atoms with Crippen LogP contribution in [0.4, 0.5) is 0 Å². The van der Waals surface area contributed by atoms with E-state index in [9.17, 15) is 5.11 Å². The molecular formula is C117H112O. The van der Waals surface area contributed by atoms with E-state index in [1.165, 1.54) is 287 Å². The first kappa shape index (κ1) is 79.8. The van der Waals surface area contributed by atoms with E-state index in [4.69, 9.17) is 0 Å². The van der Waals surface area contributed by atoms with Gasteiger partial charge in [0.2, 0.25) is 0 Å². The Balaban J connectivity index is 0.000000125. The Morgan fingerprint density at radius 3 is 1.05 bits per heavy atom. The lowest BCUT2D eigenvalue weighted by atomic mass is 9.72. The van der Waals surface area contributed by atoms with Crippen molar-refractivity contribution in [1.82, 2.24) is 0 Å². The summed E-state index contributed by atoms with van der Waals surface area (Å²) < 4.78 is 0. The predicted molar refractivity (Wildman–Crippen MR) is 508 cm³/mol. The maximum Gasteiger partial charge on any atom is 0.0687 e. The van der Waals surface area contributed by atoms with E-state index in [1.807, 2.05) is 18.2 Å². The maximum atomic E-state index is 9.64. The largest absolute Gasteiger partial charge is 0.392 e. The quantitative estimate of drug-likeness (QED) is 0.0956. The van der Waals surface area contributed by atoms with Crippen LogP contribution in [0.3, 0.4) is 0 Å². The second kappa shape index (κ2) is 34.7. The summed E-state index contributed by atoms with van der Waals surface area (Å²) in [7, 11) is 0. The Labute approximate surface area is 703 Å². The van der Waals surface area contributed by atoms with Gasteiger partial charge in [0.05, 0.1) is 6.61 Å². The molecule has 1 N–H and O–H groups in total. The van der Waals surface area contributed by atoms with Gasteiger partial charge in [0.15, 0.2) is 0 Å². The fourth-order valence-electron chi connectivity index (χ4n) is 19.1. The van der Waals surface area contributed by atoms with E-state index in [1.54, 1.807) is 0 Å². The molecule has 0 spiro atoms. The Morgan fingerprint density at radius 2 is 0.619 bits per heavy atom. The molecule has 5 aliphatic carbocycles. The van der Waals surface area contributed by atoms with E-state index >= 15 is 0 Å². The lowest BCUT2D eigenvalue weighted by Crippen LogP contribution is -2.23. The SMILES string of the molecule is CCCCCCc1cc(CCCCCC)cc(C2(C)c3cc(C)ccc3-c3ccc(C=C4c5ccccc5-c5ccccc54)cc32)c1.Cc1cc(C)c(C=C2c3cc(C)ccc3-c3ccc(C)cc32)c(C)c1.Cc1ccc(C=C2c3ccccc3-c3ccccc32)cc1C.Cc1ccc2c(c1)C(=Cc1ccccc1CO)c1cc(C)ccc1-2. The first-order chi connectivity index (χ1) is 57.3. The number of benzene rings is 14. The van der Waals surface area contributed by atoms with Gasteiger partial charge in [0.1, 0.15) is 0 Å². The number of aliphatic hydroxyl groups is 1. The molecule has 0 saturated heterocycles. The molecule has 1 heteroatoms. The van der Waals surface area contributed by atoms with Gasteiger partial charge in [-0.15, -0.1) is 0 Å². The van der Waals surface area contributed by atoms with Gasteiger partial charge in [-0.25, -0.2) is 0 Å². The van der Waals surface area contributed by atoms with E-state index in [0.29, 0.717) is 0 Å². The molecule has 0 aliphatic heterocycles. The number of aliphatic hydroxyl groups excluding tert-OH is 1. The number of hydrogen-bond donors (Lipinski definition) is 1. The highest BCUT2D eigenvalue weighted by Gasteiger charge is 2.42. The normalized spacial score (nSPS) is 13.5. The van der Waals surface area contributed by atoms with Crippen LogP contribution >= 0.6 is 0 Å². The third-order valence-corrected chi connectivity index (χ3v) is 25.4. The molecule has 0 fully saturated rings. The van der Waals surface area contributed by atoms with Crippen molar-refractivity contribution in [3.8, 4) is 55.6 Å². The second-order valence-corrected chi connectivity index (χ2v) is 34.3. The van der Waals surface area contributed by atoms with Crippen LogP contribution in [0, 0.1) is 69.2 Å². The van der Waals surface area contributed by atoms with Gasteiger partial charge in [0, 0.05) is 5.41 Å². The van der Waals surface area contributed by atoms with Gasteiger partial charge in [-0.1, -0.05) is 359 Å². The van der Waals surface area contributed by atoms with Crippen molar-refractivity contribution in [3.05, 3.63) is 435 Å². The minimum atomic E-state index is -0.214. The van der Waals surface area contributed by atoms with Gasteiger partial charge in [0.25, 0.3) is 0 Å². The van der Waals surface area contributed by atoms with Crippen LogP contribution in [0.1, 0.15) is 228 Å². The highest BCUT2D eigenvalue weighted by atomic mass is 16.3. The molecule has 14 aromatic carbocycles. The van der Waals surface area contributed by atoms with Crippen molar-refractivity contribution >= 4 is 46.6 Å². The van der Waals surface area contributed by atoms with E-state index in [-0.39, 0.29) is 12.0 Å². The van der Waals surface area contributed by atoms with E-state index < -0.39 is 0 Å². The number of rotatable bonds is 16. The van der Waals surface area contributed by atoms with Gasteiger partial charge in [-0.3, -0.25) is 0 Å². The second-order valence-electron chi connectivity index (χ2n) is 34.3. The minimum absolute atomic E-state index is 0.0568. The van der Waals surface area contributed by atoms with Crippen LogP contribution < -0.4 is 0 Å². The summed E-state index contributed by atoms with van der Waals surface area (Å²) >= 11 is 0. The molecule has 0 aromatic heterocycles. The molecule has 1 atom stereocenters. The lowest BCUT2D eigenvalue weighted by molar-refractivity contribution is 0.281. The van der Waals surface area contributed by atoms with Crippen LogP contribution in [0.2, 0.25) is 0 Å². The van der Waals surface area contributed by atoms with Crippen LogP contribution in [-0.4, -0.2) is 5.11 Å². The topological polar surface area (TPSA) is 20.2 Å². The summed E-state index contributed by atoms with van der Waals surface area (Å²) in [6, 6.07) is 103. The Hall–Kier alpha value is -12.0. The van der Waals surface area contributed by atoms with Crippen LogP contribution in [-0.2, 0) is 24.9 Å². The number of hydrogen-bond acceptors (Lipinski definition) is 1. The Bertz CT molecular complexity index is 6070. The average molecular weight is 1530 g/mol. The maximum absolute atomic E-state index is 9.64. The third-order valence-electron chi connectivity index (χ3n) is 25.4. The summed E-state index contributed by atoms with van der Waals surface area (Å²) in [4.78, 5) is 0. The van der Waals surface area contributed by atoms with Crippen LogP contribution in [0.5, 0.6) is 0 Å². The van der Waals surface area contributed by atoms with Crippen molar-refractivity contribution < 1.29 is 5.11 Å². The highest BCUT2D eigenvalue weighted by molar-refractivity contribution is 6.10. The summed E-state index contributed by atoms with van der Waals surface area (Å²) in [6.45, 7) is 29.0. The van der Waals surface area contributed by atoms with Crippen molar-refractivity contribution in [2.45, 2.75) is 166 Å². The molecule has 0 saturated carbocycles. The zero-order valence-electron chi connectivity index (χ0n) is 71.6. The smallest absolute Gasteiger partial charge is 0.0687 e. The molecule has 0 radical (unpaired) electrons. The monoisotopic (exact) mass is 1530 g/mol. The first-order valence-electron chi connectivity index (χ1n) is 43.3. The molecule has 5 aliphatic rings. The van der Waals surface area contributed by atoms with Crippen molar-refractivity contribution in [1.29, 1.82) is 0 Å². The molecule has 1 nitrogen and oxygen atoms in total. The molecule has 0 amide bonds. The zero-order valence-corrected chi connectivity index (χ0v) is 71.6. The summed E-state index contributed by atoms with van der Waals surface area (Å²) in [5.41, 5.74) is 55.6. The van der Waals surface area contributed by atoms with Gasteiger partial charge in [-0.2, -0.15) is 0 Å². The van der Waals surface area contributed by atoms with Gasteiger partial charge >= 0.3 is 0 Å². The summed E-state index contributed by atoms with van der Waals surface area (Å²) in [6.07, 6.45) is 22.1. The first-order valence-corrected chi connectivity index (χ1v) is 43.3. The van der Waals surface area contributed by atoms with Crippen LogP contribution in [0.25, 0.3) is 102 Å². The molecule has 14 aromatic rings. The molecule has 586 valence electrons.